The summed E-state index contributed by atoms with van der Waals surface area (Å²) in [5.74, 6) is 1.88. The number of rotatable bonds is 5. The van der Waals surface area contributed by atoms with Crippen molar-refractivity contribution < 1.29 is 4.74 Å². The molecule has 2 saturated heterocycles. The van der Waals surface area contributed by atoms with Crippen molar-refractivity contribution in [2.24, 2.45) is 5.10 Å². The summed E-state index contributed by atoms with van der Waals surface area (Å²) in [6, 6.07) is 10.1. The lowest BCUT2D eigenvalue weighted by molar-refractivity contribution is 0.122. The molecule has 2 aliphatic rings. The highest BCUT2D eigenvalue weighted by atomic mass is 16.5. The zero-order valence-electron chi connectivity index (χ0n) is 15.6. The lowest BCUT2D eigenvalue weighted by Crippen LogP contribution is -2.38. The summed E-state index contributed by atoms with van der Waals surface area (Å²) < 4.78 is 5.45. The van der Waals surface area contributed by atoms with Crippen molar-refractivity contribution in [3.63, 3.8) is 0 Å². The van der Waals surface area contributed by atoms with E-state index in [0.29, 0.717) is 25.1 Å². The fourth-order valence-corrected chi connectivity index (χ4v) is 3.24. The van der Waals surface area contributed by atoms with Crippen molar-refractivity contribution in [1.82, 2.24) is 15.0 Å². The molecular formula is C19H25N7O. The molecule has 27 heavy (non-hydrogen) atoms. The van der Waals surface area contributed by atoms with Crippen LogP contribution in [-0.2, 0) is 4.74 Å². The molecule has 0 spiro atoms. The summed E-state index contributed by atoms with van der Waals surface area (Å²) >= 11 is 0. The maximum Gasteiger partial charge on any atom is 0.250 e. The standard InChI is InChI=1S/C19H25N7O/c1-15(16-7-3-2-4-8-16)23-24-17-20-18(25-9-5-6-10-25)22-19(21-17)26-11-13-27-14-12-26/h2-4,7-8H,5-6,9-14H2,1H3,(H,20,21,22,24). The third kappa shape index (κ3) is 4.33. The van der Waals surface area contributed by atoms with E-state index in [2.05, 4.69) is 30.3 Å². The fourth-order valence-electron chi connectivity index (χ4n) is 3.24. The van der Waals surface area contributed by atoms with Crippen LogP contribution in [0.1, 0.15) is 25.3 Å². The van der Waals surface area contributed by atoms with E-state index in [0.717, 1.165) is 43.4 Å². The Labute approximate surface area is 159 Å². The average Bonchev–Trinajstić information content (AvgIpc) is 3.28. The molecule has 8 nitrogen and oxygen atoms in total. The molecule has 1 aromatic carbocycles. The second-order valence-electron chi connectivity index (χ2n) is 6.73. The lowest BCUT2D eigenvalue weighted by Gasteiger charge is -2.27. The van der Waals surface area contributed by atoms with Gasteiger partial charge in [0.25, 0.3) is 0 Å². The number of morpholine rings is 1. The molecule has 2 fully saturated rings. The molecule has 1 aromatic heterocycles. The van der Waals surface area contributed by atoms with Crippen LogP contribution in [0, 0.1) is 0 Å². The van der Waals surface area contributed by atoms with Crippen LogP contribution in [0.15, 0.2) is 35.4 Å². The van der Waals surface area contributed by atoms with Gasteiger partial charge < -0.3 is 14.5 Å². The second-order valence-corrected chi connectivity index (χ2v) is 6.73. The maximum absolute atomic E-state index is 5.45. The Balaban J connectivity index is 1.59. The molecular weight excluding hydrogens is 342 g/mol. The van der Waals surface area contributed by atoms with E-state index >= 15 is 0 Å². The van der Waals surface area contributed by atoms with Crippen molar-refractivity contribution in [2.75, 3.05) is 54.6 Å². The molecule has 0 aliphatic carbocycles. The van der Waals surface area contributed by atoms with Gasteiger partial charge in [0, 0.05) is 26.2 Å². The topological polar surface area (TPSA) is 78.8 Å². The SMILES string of the molecule is CC(=NNc1nc(N2CCCC2)nc(N2CCOCC2)n1)c1ccccc1. The van der Waals surface area contributed by atoms with E-state index in [1.54, 1.807) is 0 Å². The number of hydrazone groups is 1. The normalized spacial score (nSPS) is 18.0. The van der Waals surface area contributed by atoms with E-state index in [1.165, 1.54) is 12.8 Å². The van der Waals surface area contributed by atoms with Crippen LogP contribution >= 0.6 is 0 Å². The molecule has 0 saturated carbocycles. The van der Waals surface area contributed by atoms with Crippen molar-refractivity contribution in [3.8, 4) is 0 Å². The van der Waals surface area contributed by atoms with Crippen LogP contribution in [0.4, 0.5) is 17.8 Å². The van der Waals surface area contributed by atoms with Gasteiger partial charge in [-0.25, -0.2) is 5.43 Å². The van der Waals surface area contributed by atoms with Gasteiger partial charge in [-0.3, -0.25) is 0 Å². The fraction of sp³-hybridized carbons (Fsp3) is 0.474. The van der Waals surface area contributed by atoms with Crippen LogP contribution in [0.5, 0.6) is 0 Å². The van der Waals surface area contributed by atoms with Gasteiger partial charge in [-0.2, -0.15) is 20.1 Å². The molecule has 3 heterocycles. The van der Waals surface area contributed by atoms with Crippen LogP contribution < -0.4 is 15.2 Å². The number of hydrogen-bond donors (Lipinski definition) is 1. The number of nitrogens with one attached hydrogen (secondary N) is 1. The molecule has 0 bridgehead atoms. The lowest BCUT2D eigenvalue weighted by atomic mass is 10.1. The first-order valence-electron chi connectivity index (χ1n) is 9.49. The van der Waals surface area contributed by atoms with Crippen molar-refractivity contribution in [1.29, 1.82) is 0 Å². The van der Waals surface area contributed by atoms with Gasteiger partial charge in [0.1, 0.15) is 0 Å². The molecule has 0 atom stereocenters. The molecule has 142 valence electrons. The highest BCUT2D eigenvalue weighted by molar-refractivity contribution is 5.98. The van der Waals surface area contributed by atoms with E-state index in [1.807, 2.05) is 37.3 Å². The van der Waals surface area contributed by atoms with E-state index in [4.69, 9.17) is 9.72 Å². The first-order chi connectivity index (χ1) is 13.3. The summed E-state index contributed by atoms with van der Waals surface area (Å²) in [6.07, 6.45) is 2.35. The molecule has 2 aromatic rings. The van der Waals surface area contributed by atoms with E-state index in [-0.39, 0.29) is 0 Å². The smallest absolute Gasteiger partial charge is 0.250 e. The van der Waals surface area contributed by atoms with Gasteiger partial charge in [0.05, 0.1) is 18.9 Å². The van der Waals surface area contributed by atoms with Crippen molar-refractivity contribution >= 4 is 23.6 Å². The van der Waals surface area contributed by atoms with E-state index in [9.17, 15) is 0 Å². The predicted octanol–water partition coefficient (Wildman–Crippen LogP) is 2.14. The number of anilines is 3. The third-order valence-corrected chi connectivity index (χ3v) is 4.81. The summed E-state index contributed by atoms with van der Waals surface area (Å²) in [4.78, 5) is 18.3. The Morgan fingerprint density at radius 2 is 1.56 bits per heavy atom. The van der Waals surface area contributed by atoms with Crippen LogP contribution in [0.25, 0.3) is 0 Å². The Hall–Kier alpha value is -2.74. The van der Waals surface area contributed by atoms with Gasteiger partial charge in [0.15, 0.2) is 0 Å². The Bertz CT molecular complexity index is 784. The zero-order chi connectivity index (χ0) is 18.5. The second kappa shape index (κ2) is 8.30. The maximum atomic E-state index is 5.45. The summed E-state index contributed by atoms with van der Waals surface area (Å²) in [5.41, 5.74) is 4.97. The molecule has 0 unspecified atom stereocenters. The zero-order valence-corrected chi connectivity index (χ0v) is 15.6. The summed E-state index contributed by atoms with van der Waals surface area (Å²) in [7, 11) is 0. The quantitative estimate of drug-likeness (QED) is 0.641. The Morgan fingerprint density at radius 1 is 0.926 bits per heavy atom. The highest BCUT2D eigenvalue weighted by Crippen LogP contribution is 2.21. The van der Waals surface area contributed by atoms with E-state index < -0.39 is 0 Å². The van der Waals surface area contributed by atoms with Crippen molar-refractivity contribution in [3.05, 3.63) is 35.9 Å². The molecule has 2 aliphatic heterocycles. The summed E-state index contributed by atoms with van der Waals surface area (Å²) in [6.45, 7) is 6.90. The highest BCUT2D eigenvalue weighted by Gasteiger charge is 2.21. The number of nitrogens with zero attached hydrogens (tertiary/aromatic N) is 6. The number of aromatic nitrogens is 3. The molecule has 8 heteroatoms. The van der Waals surface area contributed by atoms with Crippen LogP contribution in [-0.4, -0.2) is 60.1 Å². The average molecular weight is 367 g/mol. The van der Waals surface area contributed by atoms with Gasteiger partial charge in [-0.05, 0) is 25.3 Å². The minimum Gasteiger partial charge on any atom is -0.378 e. The number of benzene rings is 1. The molecule has 4 rings (SSSR count). The van der Waals surface area contributed by atoms with Gasteiger partial charge in [0.2, 0.25) is 17.8 Å². The summed E-state index contributed by atoms with van der Waals surface area (Å²) in [5, 5.41) is 4.47. The predicted molar refractivity (Wildman–Crippen MR) is 107 cm³/mol. The Morgan fingerprint density at radius 3 is 2.22 bits per heavy atom. The Kier molecular flexibility index (Phi) is 5.43. The first-order valence-corrected chi connectivity index (χ1v) is 9.49. The molecule has 0 amide bonds. The van der Waals surface area contributed by atoms with Gasteiger partial charge in [-0.1, -0.05) is 30.3 Å². The minimum absolute atomic E-state index is 0.476. The van der Waals surface area contributed by atoms with Gasteiger partial charge >= 0.3 is 0 Å². The van der Waals surface area contributed by atoms with Gasteiger partial charge in [-0.15, -0.1) is 0 Å². The third-order valence-electron chi connectivity index (χ3n) is 4.81. The van der Waals surface area contributed by atoms with Crippen molar-refractivity contribution in [2.45, 2.75) is 19.8 Å². The number of ether oxygens (including phenoxy) is 1. The van der Waals surface area contributed by atoms with Crippen LogP contribution in [0.3, 0.4) is 0 Å². The minimum atomic E-state index is 0.476. The largest absolute Gasteiger partial charge is 0.378 e. The molecule has 0 radical (unpaired) electrons. The molecule has 1 N–H and O–H groups in total. The number of hydrogen-bond acceptors (Lipinski definition) is 8. The monoisotopic (exact) mass is 367 g/mol. The van der Waals surface area contributed by atoms with Crippen LogP contribution in [0.2, 0.25) is 0 Å². The first kappa shape index (κ1) is 17.7.